The van der Waals surface area contributed by atoms with Gasteiger partial charge in [0.25, 0.3) is 5.91 Å². The SMILES string of the molecule is CNC(=O)CCC1(OC)CCCN(C(=O)c2cccc(NC)n2)C1. The summed E-state index contributed by atoms with van der Waals surface area (Å²) < 4.78 is 5.73. The quantitative estimate of drug-likeness (QED) is 0.818. The summed E-state index contributed by atoms with van der Waals surface area (Å²) in [6.45, 7) is 1.15. The monoisotopic (exact) mass is 334 g/mol. The zero-order valence-electron chi connectivity index (χ0n) is 14.6. The Bertz CT molecular complexity index is 593. The molecule has 24 heavy (non-hydrogen) atoms. The molecule has 2 N–H and O–H groups in total. The molecule has 1 aromatic heterocycles. The van der Waals surface area contributed by atoms with Crippen molar-refractivity contribution in [3.8, 4) is 0 Å². The summed E-state index contributed by atoms with van der Waals surface area (Å²) in [5, 5.41) is 5.57. The molecule has 1 saturated heterocycles. The van der Waals surface area contributed by atoms with Crippen molar-refractivity contribution in [1.29, 1.82) is 0 Å². The standard InChI is InChI=1S/C17H26N4O3/c1-18-14-7-4-6-13(20-14)16(23)21-11-5-9-17(12-21,24-3)10-8-15(22)19-2/h4,6-7H,5,8-12H2,1-3H3,(H,18,20)(H,19,22). The molecule has 7 nitrogen and oxygen atoms in total. The van der Waals surface area contributed by atoms with Crippen molar-refractivity contribution in [2.75, 3.05) is 39.6 Å². The number of methoxy groups -OCH3 is 1. The predicted octanol–water partition coefficient (Wildman–Crippen LogP) is 1.27. The fourth-order valence-corrected chi connectivity index (χ4v) is 3.07. The summed E-state index contributed by atoms with van der Waals surface area (Å²) in [4.78, 5) is 30.4. The lowest BCUT2D eigenvalue weighted by molar-refractivity contribution is -0.123. The number of carbonyl (C=O) groups excluding carboxylic acids is 2. The van der Waals surface area contributed by atoms with E-state index >= 15 is 0 Å². The molecule has 0 radical (unpaired) electrons. The van der Waals surface area contributed by atoms with Crippen LogP contribution >= 0.6 is 0 Å². The van der Waals surface area contributed by atoms with E-state index in [4.69, 9.17) is 4.74 Å². The van der Waals surface area contributed by atoms with Crippen molar-refractivity contribution >= 4 is 17.6 Å². The second kappa shape index (κ2) is 8.10. The largest absolute Gasteiger partial charge is 0.376 e. The number of amides is 2. The zero-order chi connectivity index (χ0) is 17.6. The molecule has 0 aliphatic carbocycles. The topological polar surface area (TPSA) is 83.6 Å². The lowest BCUT2D eigenvalue weighted by Crippen LogP contribution is -2.51. The van der Waals surface area contributed by atoms with Crippen LogP contribution in [0.5, 0.6) is 0 Å². The van der Waals surface area contributed by atoms with Gasteiger partial charge in [-0.15, -0.1) is 0 Å². The van der Waals surface area contributed by atoms with E-state index in [-0.39, 0.29) is 11.8 Å². The fraction of sp³-hybridized carbons (Fsp3) is 0.588. The molecule has 1 atom stereocenters. The van der Waals surface area contributed by atoms with Crippen LogP contribution in [0.3, 0.4) is 0 Å². The van der Waals surface area contributed by atoms with Gasteiger partial charge in [0.05, 0.1) is 12.1 Å². The van der Waals surface area contributed by atoms with E-state index in [0.717, 1.165) is 12.8 Å². The van der Waals surface area contributed by atoms with Gasteiger partial charge in [-0.2, -0.15) is 0 Å². The van der Waals surface area contributed by atoms with Gasteiger partial charge in [0, 0.05) is 34.2 Å². The molecule has 2 rings (SSSR count). The van der Waals surface area contributed by atoms with Crippen LogP contribution in [0.4, 0.5) is 5.82 Å². The number of piperidine rings is 1. The molecule has 2 heterocycles. The van der Waals surface area contributed by atoms with Gasteiger partial charge in [0.2, 0.25) is 5.91 Å². The number of likely N-dealkylation sites (tertiary alicyclic amines) is 1. The number of aromatic nitrogens is 1. The first-order valence-electron chi connectivity index (χ1n) is 8.23. The third kappa shape index (κ3) is 4.23. The summed E-state index contributed by atoms with van der Waals surface area (Å²) in [6, 6.07) is 5.34. The average Bonchev–Trinajstić information content (AvgIpc) is 2.65. The fourth-order valence-electron chi connectivity index (χ4n) is 3.07. The van der Waals surface area contributed by atoms with Gasteiger partial charge < -0.3 is 20.3 Å². The Hall–Kier alpha value is -2.15. The number of ether oxygens (including phenoxy) is 1. The van der Waals surface area contributed by atoms with E-state index < -0.39 is 5.60 Å². The lowest BCUT2D eigenvalue weighted by Gasteiger charge is -2.41. The predicted molar refractivity (Wildman–Crippen MR) is 92.0 cm³/mol. The first-order chi connectivity index (χ1) is 11.5. The lowest BCUT2D eigenvalue weighted by atomic mass is 9.87. The Morgan fingerprint density at radius 1 is 1.38 bits per heavy atom. The van der Waals surface area contributed by atoms with Gasteiger partial charge in [0.15, 0.2) is 0 Å². The summed E-state index contributed by atoms with van der Waals surface area (Å²) in [5.74, 6) is 0.543. The average molecular weight is 334 g/mol. The molecule has 1 fully saturated rings. The molecular formula is C17H26N4O3. The molecule has 132 valence electrons. The highest BCUT2D eigenvalue weighted by Crippen LogP contribution is 2.30. The van der Waals surface area contributed by atoms with Crippen LogP contribution in [0.2, 0.25) is 0 Å². The Morgan fingerprint density at radius 2 is 2.17 bits per heavy atom. The molecule has 0 aromatic carbocycles. The molecular weight excluding hydrogens is 308 g/mol. The van der Waals surface area contributed by atoms with Gasteiger partial charge in [-0.1, -0.05) is 6.07 Å². The van der Waals surface area contributed by atoms with Crippen LogP contribution in [0, 0.1) is 0 Å². The number of hydrogen-bond acceptors (Lipinski definition) is 5. The Labute approximate surface area is 142 Å². The second-order valence-corrected chi connectivity index (χ2v) is 6.05. The maximum Gasteiger partial charge on any atom is 0.272 e. The minimum Gasteiger partial charge on any atom is -0.376 e. The summed E-state index contributed by atoms with van der Waals surface area (Å²) in [7, 11) is 5.04. The van der Waals surface area contributed by atoms with Crippen LogP contribution in [0.15, 0.2) is 18.2 Å². The molecule has 0 bridgehead atoms. The van der Waals surface area contributed by atoms with E-state index in [1.807, 2.05) is 12.1 Å². The Morgan fingerprint density at radius 3 is 2.83 bits per heavy atom. The van der Waals surface area contributed by atoms with Gasteiger partial charge in [-0.25, -0.2) is 4.98 Å². The molecule has 0 spiro atoms. The zero-order valence-corrected chi connectivity index (χ0v) is 14.6. The van der Waals surface area contributed by atoms with Crippen molar-refractivity contribution in [3.63, 3.8) is 0 Å². The first kappa shape index (κ1) is 18.2. The van der Waals surface area contributed by atoms with Crippen molar-refractivity contribution < 1.29 is 14.3 Å². The normalized spacial score (nSPS) is 20.5. The summed E-state index contributed by atoms with van der Waals surface area (Å²) in [5.41, 5.74) is -0.0545. The number of anilines is 1. The third-order valence-corrected chi connectivity index (χ3v) is 4.57. The highest BCUT2D eigenvalue weighted by Gasteiger charge is 2.37. The first-order valence-corrected chi connectivity index (χ1v) is 8.23. The number of rotatable bonds is 6. The van der Waals surface area contributed by atoms with Gasteiger partial charge in [-0.05, 0) is 31.4 Å². The minimum atomic E-state index is -0.471. The van der Waals surface area contributed by atoms with Crippen LogP contribution in [0.25, 0.3) is 0 Å². The number of hydrogen-bond donors (Lipinski definition) is 2. The molecule has 1 aliphatic rings. The van der Waals surface area contributed by atoms with Crippen LogP contribution in [-0.2, 0) is 9.53 Å². The van der Waals surface area contributed by atoms with Crippen LogP contribution in [0.1, 0.15) is 36.2 Å². The Balaban J connectivity index is 2.10. The second-order valence-electron chi connectivity index (χ2n) is 6.05. The summed E-state index contributed by atoms with van der Waals surface area (Å²) >= 11 is 0. The molecule has 1 aliphatic heterocycles. The van der Waals surface area contributed by atoms with Gasteiger partial charge >= 0.3 is 0 Å². The Kier molecular flexibility index (Phi) is 6.14. The third-order valence-electron chi connectivity index (χ3n) is 4.57. The van der Waals surface area contributed by atoms with Gasteiger partial charge in [0.1, 0.15) is 11.5 Å². The van der Waals surface area contributed by atoms with E-state index in [9.17, 15) is 9.59 Å². The number of nitrogens with one attached hydrogen (secondary N) is 2. The van der Waals surface area contributed by atoms with Gasteiger partial charge in [-0.3, -0.25) is 9.59 Å². The van der Waals surface area contributed by atoms with E-state index in [0.29, 0.717) is 37.4 Å². The highest BCUT2D eigenvalue weighted by molar-refractivity contribution is 5.92. The maximum atomic E-state index is 12.8. The molecule has 2 amide bonds. The number of pyridine rings is 1. The molecule has 7 heteroatoms. The van der Waals surface area contributed by atoms with Crippen LogP contribution < -0.4 is 10.6 Å². The summed E-state index contributed by atoms with van der Waals surface area (Å²) in [6.07, 6.45) is 2.67. The van der Waals surface area contributed by atoms with Crippen molar-refractivity contribution in [3.05, 3.63) is 23.9 Å². The minimum absolute atomic E-state index is 0.0155. The smallest absolute Gasteiger partial charge is 0.272 e. The van der Waals surface area contributed by atoms with Crippen molar-refractivity contribution in [1.82, 2.24) is 15.2 Å². The highest BCUT2D eigenvalue weighted by atomic mass is 16.5. The molecule has 1 aromatic rings. The van der Waals surface area contributed by atoms with E-state index in [1.165, 1.54) is 0 Å². The maximum absolute atomic E-state index is 12.8. The molecule has 0 saturated carbocycles. The molecule has 1 unspecified atom stereocenters. The van der Waals surface area contributed by atoms with Crippen molar-refractivity contribution in [2.24, 2.45) is 0 Å². The number of carbonyl (C=O) groups is 2. The van der Waals surface area contributed by atoms with E-state index in [1.54, 1.807) is 32.2 Å². The van der Waals surface area contributed by atoms with Crippen LogP contribution in [-0.4, -0.2) is 61.6 Å². The number of nitrogens with zero attached hydrogens (tertiary/aromatic N) is 2. The van der Waals surface area contributed by atoms with E-state index in [2.05, 4.69) is 15.6 Å². The van der Waals surface area contributed by atoms with Crippen molar-refractivity contribution in [2.45, 2.75) is 31.3 Å².